The SMILES string of the molecule is N#Cc1ccnnc1Oc1ccc(Br)cc1Br. The standard InChI is InChI=1S/C11H5Br2N3O/c12-8-1-2-10(9(13)5-8)17-11-7(6-14)3-4-15-16-11/h1-5H. The van der Waals surface area contributed by atoms with Crippen LogP contribution in [0.3, 0.4) is 0 Å². The molecule has 1 aromatic heterocycles. The van der Waals surface area contributed by atoms with Crippen molar-refractivity contribution in [1.82, 2.24) is 10.2 Å². The van der Waals surface area contributed by atoms with Crippen LogP contribution in [0.1, 0.15) is 5.56 Å². The number of hydrogen-bond donors (Lipinski definition) is 0. The number of benzene rings is 1. The minimum atomic E-state index is 0.193. The van der Waals surface area contributed by atoms with Crippen molar-refractivity contribution in [1.29, 1.82) is 5.26 Å². The Morgan fingerprint density at radius 3 is 2.76 bits per heavy atom. The summed E-state index contributed by atoms with van der Waals surface area (Å²) in [7, 11) is 0. The van der Waals surface area contributed by atoms with E-state index >= 15 is 0 Å². The van der Waals surface area contributed by atoms with E-state index in [4.69, 9.17) is 10.00 Å². The first-order chi connectivity index (χ1) is 8.20. The van der Waals surface area contributed by atoms with Crippen molar-refractivity contribution in [3.8, 4) is 17.7 Å². The molecule has 1 heterocycles. The Balaban J connectivity index is 2.35. The Bertz CT molecular complexity index is 596. The molecule has 0 spiro atoms. The molecule has 0 radical (unpaired) electrons. The first kappa shape index (κ1) is 12.0. The molecule has 84 valence electrons. The van der Waals surface area contributed by atoms with Gasteiger partial charge in [0.2, 0.25) is 0 Å². The molecule has 6 heteroatoms. The molecule has 0 aliphatic carbocycles. The van der Waals surface area contributed by atoms with Crippen LogP contribution in [0.5, 0.6) is 11.6 Å². The maximum Gasteiger partial charge on any atom is 0.256 e. The predicted octanol–water partition coefficient (Wildman–Crippen LogP) is 3.67. The summed E-state index contributed by atoms with van der Waals surface area (Å²) in [4.78, 5) is 0. The average molecular weight is 355 g/mol. The summed E-state index contributed by atoms with van der Waals surface area (Å²) in [5.74, 6) is 0.767. The molecule has 1 aromatic carbocycles. The molecule has 0 bridgehead atoms. The zero-order valence-corrected chi connectivity index (χ0v) is 11.6. The molecule has 0 atom stereocenters. The van der Waals surface area contributed by atoms with Crippen LogP contribution in [0.15, 0.2) is 39.4 Å². The number of hydrogen-bond acceptors (Lipinski definition) is 4. The van der Waals surface area contributed by atoms with Gasteiger partial charge in [0.15, 0.2) is 0 Å². The van der Waals surface area contributed by atoms with Gasteiger partial charge in [0.1, 0.15) is 17.4 Å². The zero-order chi connectivity index (χ0) is 12.3. The van der Waals surface area contributed by atoms with E-state index in [1.54, 1.807) is 12.1 Å². The van der Waals surface area contributed by atoms with Gasteiger partial charge in [-0.3, -0.25) is 0 Å². The molecule has 17 heavy (non-hydrogen) atoms. The van der Waals surface area contributed by atoms with E-state index < -0.39 is 0 Å². The highest BCUT2D eigenvalue weighted by Crippen LogP contribution is 2.31. The summed E-state index contributed by atoms with van der Waals surface area (Å²) in [6.07, 6.45) is 1.45. The van der Waals surface area contributed by atoms with Crippen molar-refractivity contribution in [2.75, 3.05) is 0 Å². The second-order valence-electron chi connectivity index (χ2n) is 3.04. The van der Waals surface area contributed by atoms with E-state index in [1.807, 2.05) is 18.2 Å². The number of nitriles is 1. The maximum absolute atomic E-state index is 8.89. The molecule has 0 fully saturated rings. The van der Waals surface area contributed by atoms with Crippen molar-refractivity contribution >= 4 is 31.9 Å². The summed E-state index contributed by atoms with van der Waals surface area (Å²) in [6.45, 7) is 0. The lowest BCUT2D eigenvalue weighted by molar-refractivity contribution is 0.450. The highest BCUT2D eigenvalue weighted by Gasteiger charge is 2.08. The van der Waals surface area contributed by atoms with Crippen molar-refractivity contribution in [2.24, 2.45) is 0 Å². The summed E-state index contributed by atoms with van der Waals surface area (Å²) < 4.78 is 7.21. The van der Waals surface area contributed by atoms with Gasteiger partial charge in [0.05, 0.1) is 10.7 Å². The number of aromatic nitrogens is 2. The maximum atomic E-state index is 8.89. The first-order valence-electron chi connectivity index (χ1n) is 4.55. The highest BCUT2D eigenvalue weighted by molar-refractivity contribution is 9.11. The van der Waals surface area contributed by atoms with Crippen LogP contribution in [0.2, 0.25) is 0 Å². The van der Waals surface area contributed by atoms with Crippen LogP contribution in [0.4, 0.5) is 0 Å². The van der Waals surface area contributed by atoms with E-state index in [1.165, 1.54) is 6.20 Å². The third-order valence-corrected chi connectivity index (χ3v) is 3.02. The summed E-state index contributed by atoms with van der Waals surface area (Å²) in [5.41, 5.74) is 0.342. The molecule has 0 aliphatic rings. The van der Waals surface area contributed by atoms with E-state index in [-0.39, 0.29) is 5.88 Å². The van der Waals surface area contributed by atoms with Gasteiger partial charge in [-0.2, -0.15) is 10.4 Å². The zero-order valence-electron chi connectivity index (χ0n) is 8.39. The molecule has 0 saturated heterocycles. The molecule has 4 nitrogen and oxygen atoms in total. The molecule has 0 N–H and O–H groups in total. The van der Waals surface area contributed by atoms with E-state index in [0.29, 0.717) is 11.3 Å². The molecule has 2 aromatic rings. The Morgan fingerprint density at radius 1 is 1.24 bits per heavy atom. The number of rotatable bonds is 2. The molecule has 0 amide bonds. The average Bonchev–Trinajstić information content (AvgIpc) is 2.33. The fourth-order valence-corrected chi connectivity index (χ4v) is 2.27. The van der Waals surface area contributed by atoms with Crippen LogP contribution in [0.25, 0.3) is 0 Å². The van der Waals surface area contributed by atoms with Crippen LogP contribution >= 0.6 is 31.9 Å². The molecule has 0 unspecified atom stereocenters. The minimum Gasteiger partial charge on any atom is -0.435 e. The molecule has 0 saturated carbocycles. The molecule has 0 aliphatic heterocycles. The molecular weight excluding hydrogens is 350 g/mol. The van der Waals surface area contributed by atoms with E-state index in [0.717, 1.165) is 8.95 Å². The van der Waals surface area contributed by atoms with E-state index in [9.17, 15) is 0 Å². The van der Waals surface area contributed by atoms with Gasteiger partial charge in [0.25, 0.3) is 5.88 Å². The smallest absolute Gasteiger partial charge is 0.256 e. The van der Waals surface area contributed by atoms with Crippen molar-refractivity contribution in [3.63, 3.8) is 0 Å². The molecule has 2 rings (SSSR count). The van der Waals surface area contributed by atoms with Gasteiger partial charge in [-0.1, -0.05) is 15.9 Å². The second kappa shape index (κ2) is 5.25. The summed E-state index contributed by atoms with van der Waals surface area (Å²) in [6, 6.07) is 8.99. The van der Waals surface area contributed by atoms with Gasteiger partial charge in [-0.25, -0.2) is 0 Å². The van der Waals surface area contributed by atoms with Crippen LogP contribution in [-0.2, 0) is 0 Å². The predicted molar refractivity (Wildman–Crippen MR) is 68.7 cm³/mol. The van der Waals surface area contributed by atoms with Gasteiger partial charge in [-0.15, -0.1) is 5.10 Å². The lowest BCUT2D eigenvalue weighted by atomic mass is 10.3. The van der Waals surface area contributed by atoms with Gasteiger partial charge in [0, 0.05) is 4.47 Å². The largest absolute Gasteiger partial charge is 0.435 e. The quantitative estimate of drug-likeness (QED) is 0.825. The van der Waals surface area contributed by atoms with Crippen molar-refractivity contribution in [2.45, 2.75) is 0 Å². The lowest BCUT2D eigenvalue weighted by Gasteiger charge is -2.07. The van der Waals surface area contributed by atoms with Crippen molar-refractivity contribution < 1.29 is 4.74 Å². The Morgan fingerprint density at radius 2 is 2.06 bits per heavy atom. The monoisotopic (exact) mass is 353 g/mol. The summed E-state index contributed by atoms with van der Waals surface area (Å²) in [5, 5.41) is 16.4. The first-order valence-corrected chi connectivity index (χ1v) is 6.14. The Kier molecular flexibility index (Phi) is 3.71. The number of halogens is 2. The van der Waals surface area contributed by atoms with Gasteiger partial charge >= 0.3 is 0 Å². The highest BCUT2D eigenvalue weighted by atomic mass is 79.9. The number of ether oxygens (including phenoxy) is 1. The lowest BCUT2D eigenvalue weighted by Crippen LogP contribution is -1.94. The van der Waals surface area contributed by atoms with Crippen LogP contribution in [0, 0.1) is 11.3 Å². The second-order valence-corrected chi connectivity index (χ2v) is 4.81. The minimum absolute atomic E-state index is 0.193. The van der Waals surface area contributed by atoms with Gasteiger partial charge < -0.3 is 4.74 Å². The fraction of sp³-hybridized carbons (Fsp3) is 0. The van der Waals surface area contributed by atoms with Crippen LogP contribution in [-0.4, -0.2) is 10.2 Å². The molecular formula is C11H5Br2N3O. The normalized spacial score (nSPS) is 9.71. The van der Waals surface area contributed by atoms with Crippen LogP contribution < -0.4 is 4.74 Å². The van der Waals surface area contributed by atoms with Gasteiger partial charge in [-0.05, 0) is 40.2 Å². The number of nitrogens with zero attached hydrogens (tertiary/aromatic N) is 3. The van der Waals surface area contributed by atoms with Crippen molar-refractivity contribution in [3.05, 3.63) is 45.0 Å². The summed E-state index contributed by atoms with van der Waals surface area (Å²) >= 11 is 6.71. The topological polar surface area (TPSA) is 58.8 Å². The fourth-order valence-electron chi connectivity index (χ4n) is 1.14. The van der Waals surface area contributed by atoms with E-state index in [2.05, 4.69) is 42.1 Å². The Labute approximate surface area is 115 Å². The third kappa shape index (κ3) is 2.81. The Hall–Kier alpha value is -1.45. The third-order valence-electron chi connectivity index (χ3n) is 1.91.